The van der Waals surface area contributed by atoms with E-state index in [4.69, 9.17) is 0 Å². The minimum atomic E-state index is -2.65. The summed E-state index contributed by atoms with van der Waals surface area (Å²) in [6.45, 7) is 6.90. The van der Waals surface area contributed by atoms with Gasteiger partial charge in [-0.2, -0.15) is 0 Å². The fourth-order valence-electron chi connectivity index (χ4n) is 4.08. The van der Waals surface area contributed by atoms with Gasteiger partial charge in [-0.25, -0.2) is 0 Å². The zero-order chi connectivity index (χ0) is 20.2. The van der Waals surface area contributed by atoms with E-state index in [9.17, 15) is 0 Å². The molecule has 0 aromatic carbocycles. The maximum absolute atomic E-state index is 4.35. The molecule has 0 N–H and O–H groups in total. The van der Waals surface area contributed by atoms with Crippen LogP contribution in [-0.2, 0) is 0 Å². The summed E-state index contributed by atoms with van der Waals surface area (Å²) in [6, 6.07) is 0. The Bertz CT molecular complexity index is 325. The molecule has 0 rings (SSSR count). The van der Waals surface area contributed by atoms with Gasteiger partial charge in [-0.1, -0.05) is 0 Å². The van der Waals surface area contributed by atoms with Crippen LogP contribution in [0.3, 0.4) is 0 Å². The molecule has 6 heteroatoms. The molecule has 0 saturated heterocycles. The first-order valence-corrected chi connectivity index (χ1v) is 14.8. The zero-order valence-corrected chi connectivity index (χ0v) is 21.6. The predicted octanol–water partition coefficient (Wildman–Crippen LogP) is 6.44. The molecule has 160 valence electrons. The summed E-state index contributed by atoms with van der Waals surface area (Å²) in [5.74, 6) is -2.65. The van der Waals surface area contributed by atoms with Crippen molar-refractivity contribution in [2.75, 3.05) is 55.4 Å². The first-order valence-electron chi connectivity index (χ1n) is 10.7. The molecule has 0 spiro atoms. The maximum atomic E-state index is 4.35. The molecule has 0 aliphatic rings. The molecule has 0 saturated carbocycles. The summed E-state index contributed by atoms with van der Waals surface area (Å²) in [5.41, 5.74) is 0. The third-order valence-corrected chi connectivity index (χ3v) is 18.1. The SMILES string of the molecule is CCCCCCCN(CCCCCCC)P(Br)(N(C)C)(N(C)C)N(C)C. The first-order chi connectivity index (χ1) is 12.2. The van der Waals surface area contributed by atoms with E-state index >= 15 is 0 Å². The molecule has 0 amide bonds. The molecule has 0 atom stereocenters. The van der Waals surface area contributed by atoms with Crippen molar-refractivity contribution in [1.82, 2.24) is 18.7 Å². The van der Waals surface area contributed by atoms with Crippen molar-refractivity contribution in [3.8, 4) is 0 Å². The van der Waals surface area contributed by atoms with Crippen LogP contribution >= 0.6 is 21.4 Å². The molecule has 0 aromatic rings. The number of halogens is 1. The van der Waals surface area contributed by atoms with Gasteiger partial charge < -0.3 is 0 Å². The van der Waals surface area contributed by atoms with E-state index in [2.05, 4.69) is 90.3 Å². The third-order valence-electron chi connectivity index (χ3n) is 5.59. The Kier molecular flexibility index (Phi) is 13.4. The summed E-state index contributed by atoms with van der Waals surface area (Å²) in [4.78, 5) is 0. The van der Waals surface area contributed by atoms with Gasteiger partial charge in [0.15, 0.2) is 0 Å². The van der Waals surface area contributed by atoms with Gasteiger partial charge in [-0.05, 0) is 0 Å². The molecule has 0 bridgehead atoms. The van der Waals surface area contributed by atoms with Gasteiger partial charge in [0.1, 0.15) is 0 Å². The zero-order valence-electron chi connectivity index (χ0n) is 19.1. The van der Waals surface area contributed by atoms with Crippen LogP contribution in [0, 0.1) is 0 Å². The van der Waals surface area contributed by atoms with Crippen molar-refractivity contribution in [2.24, 2.45) is 0 Å². The van der Waals surface area contributed by atoms with E-state index in [0.717, 1.165) is 13.1 Å². The topological polar surface area (TPSA) is 13.0 Å². The van der Waals surface area contributed by atoms with Crippen molar-refractivity contribution in [3.63, 3.8) is 0 Å². The average Bonchev–Trinajstić information content (AvgIpc) is 2.58. The molecule has 26 heavy (non-hydrogen) atoms. The van der Waals surface area contributed by atoms with Gasteiger partial charge >= 0.3 is 174 Å². The molecule has 0 heterocycles. The minimum absolute atomic E-state index is 1.16. The van der Waals surface area contributed by atoms with E-state index in [1.165, 1.54) is 64.2 Å². The van der Waals surface area contributed by atoms with Gasteiger partial charge in [0, 0.05) is 0 Å². The Morgan fingerprint density at radius 3 is 1.12 bits per heavy atom. The van der Waals surface area contributed by atoms with Gasteiger partial charge in [0.05, 0.1) is 0 Å². The van der Waals surface area contributed by atoms with E-state index in [-0.39, 0.29) is 0 Å². The van der Waals surface area contributed by atoms with Crippen LogP contribution in [0.1, 0.15) is 78.1 Å². The fraction of sp³-hybridized carbons (Fsp3) is 1.00. The molecular weight excluding hydrogens is 407 g/mol. The molecule has 0 aromatic heterocycles. The van der Waals surface area contributed by atoms with Crippen molar-refractivity contribution in [3.05, 3.63) is 0 Å². The number of unbranched alkanes of at least 4 members (excludes halogenated alkanes) is 8. The molecule has 0 radical (unpaired) electrons. The summed E-state index contributed by atoms with van der Waals surface area (Å²) in [7, 11) is 13.4. The summed E-state index contributed by atoms with van der Waals surface area (Å²) >= 11 is 4.35. The first kappa shape index (κ1) is 26.8. The van der Waals surface area contributed by atoms with Crippen LogP contribution < -0.4 is 0 Å². The van der Waals surface area contributed by atoms with Gasteiger partial charge in [-0.3, -0.25) is 0 Å². The van der Waals surface area contributed by atoms with Crippen LogP contribution in [0.2, 0.25) is 0 Å². The second-order valence-electron chi connectivity index (χ2n) is 8.16. The van der Waals surface area contributed by atoms with E-state index < -0.39 is 5.91 Å². The summed E-state index contributed by atoms with van der Waals surface area (Å²) in [5, 5.41) is 0. The van der Waals surface area contributed by atoms with E-state index in [1.54, 1.807) is 0 Å². The number of rotatable bonds is 16. The van der Waals surface area contributed by atoms with Gasteiger partial charge in [0.25, 0.3) is 0 Å². The Labute approximate surface area is 173 Å². The molecule has 0 aliphatic heterocycles. The van der Waals surface area contributed by atoms with Gasteiger partial charge in [0.2, 0.25) is 0 Å². The van der Waals surface area contributed by atoms with Crippen LogP contribution in [0.4, 0.5) is 0 Å². The van der Waals surface area contributed by atoms with Crippen molar-refractivity contribution >= 4 is 21.4 Å². The van der Waals surface area contributed by atoms with Crippen molar-refractivity contribution in [2.45, 2.75) is 78.1 Å². The molecular formula is C20H48BrN4P. The fourth-order valence-corrected chi connectivity index (χ4v) is 9.67. The Hall–Kier alpha value is 0.750. The Morgan fingerprint density at radius 1 is 0.538 bits per heavy atom. The van der Waals surface area contributed by atoms with Crippen molar-refractivity contribution in [1.29, 1.82) is 0 Å². The average molecular weight is 456 g/mol. The molecule has 0 unspecified atom stereocenters. The van der Waals surface area contributed by atoms with Gasteiger partial charge in [-0.15, -0.1) is 0 Å². The van der Waals surface area contributed by atoms with E-state index in [0.29, 0.717) is 0 Å². The number of hydrogen-bond donors (Lipinski definition) is 0. The molecule has 0 aliphatic carbocycles. The number of hydrogen-bond acceptors (Lipinski definition) is 4. The second-order valence-corrected chi connectivity index (χ2v) is 16.6. The van der Waals surface area contributed by atoms with Crippen LogP contribution in [-0.4, -0.2) is 74.1 Å². The monoisotopic (exact) mass is 454 g/mol. The standard InChI is InChI=1S/C20H48BrN4P/c1-9-11-13-15-17-19-25(20-18-16-14-12-10-2)26(21,22(3)4,23(5)6)24(7)8/h9-20H2,1-8H3. The third kappa shape index (κ3) is 6.39. The normalized spacial score (nSPS) is 14.6. The summed E-state index contributed by atoms with van der Waals surface area (Å²) < 4.78 is 10.1. The van der Waals surface area contributed by atoms with Crippen LogP contribution in [0.5, 0.6) is 0 Å². The van der Waals surface area contributed by atoms with E-state index in [1.807, 2.05) is 0 Å². The quantitative estimate of drug-likeness (QED) is 0.196. The Balaban J connectivity index is 5.32. The molecule has 0 fully saturated rings. The van der Waals surface area contributed by atoms with Crippen LogP contribution in [0.15, 0.2) is 0 Å². The Morgan fingerprint density at radius 2 is 0.846 bits per heavy atom. The van der Waals surface area contributed by atoms with Crippen LogP contribution in [0.25, 0.3) is 0 Å². The van der Waals surface area contributed by atoms with Crippen molar-refractivity contribution < 1.29 is 0 Å². The number of nitrogens with zero attached hydrogens (tertiary/aromatic N) is 4. The second kappa shape index (κ2) is 13.1. The predicted molar refractivity (Wildman–Crippen MR) is 126 cm³/mol. The molecule has 4 nitrogen and oxygen atoms in total. The summed E-state index contributed by atoms with van der Waals surface area (Å²) in [6.07, 6.45) is 13.3.